The number of carbonyl (C=O) groups excluding carboxylic acids is 1. The Kier molecular flexibility index (Phi) is 3.91. The molecule has 2 aromatic rings. The topological polar surface area (TPSA) is 90.4 Å². The second-order valence-corrected chi connectivity index (χ2v) is 5.02. The van der Waals surface area contributed by atoms with Crippen molar-refractivity contribution >= 4 is 27.9 Å². The van der Waals surface area contributed by atoms with Gasteiger partial charge in [0.15, 0.2) is 0 Å². The Morgan fingerprint density at radius 3 is 2.84 bits per heavy atom. The van der Waals surface area contributed by atoms with Crippen LogP contribution < -0.4 is 21.5 Å². The zero-order valence-electron chi connectivity index (χ0n) is 10.5. The summed E-state index contributed by atoms with van der Waals surface area (Å²) in [6, 6.07) is 9.46. The van der Waals surface area contributed by atoms with Crippen molar-refractivity contribution in [2.24, 2.45) is 5.73 Å². The van der Waals surface area contributed by atoms with Crippen molar-refractivity contribution in [2.45, 2.75) is 6.54 Å². The number of ether oxygens (including phenoxy) is 1. The van der Waals surface area contributed by atoms with E-state index in [4.69, 9.17) is 16.2 Å². The highest BCUT2D eigenvalue weighted by Gasteiger charge is 2.10. The molecule has 0 saturated heterocycles. The Balaban J connectivity index is 2.06. The molecular weight excluding hydrogens is 262 g/mol. The third-order valence-corrected chi connectivity index (χ3v) is 3.71. The van der Waals surface area contributed by atoms with E-state index >= 15 is 0 Å². The minimum atomic E-state index is -0.503. The third kappa shape index (κ3) is 3.17. The number of benzene rings is 1. The van der Waals surface area contributed by atoms with Gasteiger partial charge in [-0.3, -0.25) is 4.79 Å². The van der Waals surface area contributed by atoms with Crippen molar-refractivity contribution in [2.75, 3.05) is 18.2 Å². The summed E-state index contributed by atoms with van der Waals surface area (Å²) >= 11 is 1.25. The maximum Gasteiger partial charge on any atom is 0.260 e. The molecule has 1 aromatic carbocycles. The fraction of sp³-hybridized carbons (Fsp3) is 0.154. The second kappa shape index (κ2) is 5.62. The molecule has 1 heterocycles. The number of rotatable bonds is 5. The number of methoxy groups -OCH3 is 1. The van der Waals surface area contributed by atoms with Gasteiger partial charge in [0.2, 0.25) is 0 Å². The zero-order chi connectivity index (χ0) is 13.8. The van der Waals surface area contributed by atoms with Crippen molar-refractivity contribution in [1.29, 1.82) is 0 Å². The summed E-state index contributed by atoms with van der Waals surface area (Å²) in [6.45, 7) is 0.620. The summed E-state index contributed by atoms with van der Waals surface area (Å²) in [6.07, 6.45) is 0. The summed E-state index contributed by atoms with van der Waals surface area (Å²) in [5.74, 6) is 0.305. The van der Waals surface area contributed by atoms with Crippen LogP contribution in [0.5, 0.6) is 5.75 Å². The Hall–Kier alpha value is -2.21. The first-order valence-corrected chi connectivity index (χ1v) is 6.47. The van der Waals surface area contributed by atoms with Gasteiger partial charge in [-0.2, -0.15) is 0 Å². The largest absolute Gasteiger partial charge is 0.497 e. The summed E-state index contributed by atoms with van der Waals surface area (Å²) in [7, 11) is 1.63. The highest BCUT2D eigenvalue weighted by molar-refractivity contribution is 7.18. The molecule has 2 rings (SSSR count). The summed E-state index contributed by atoms with van der Waals surface area (Å²) in [4.78, 5) is 11.5. The molecule has 100 valence electrons. The summed E-state index contributed by atoms with van der Waals surface area (Å²) < 4.78 is 5.16. The van der Waals surface area contributed by atoms with Crippen LogP contribution in [0.1, 0.15) is 15.2 Å². The first-order chi connectivity index (χ1) is 9.10. The Labute approximate surface area is 115 Å². The van der Waals surface area contributed by atoms with Crippen LogP contribution in [-0.2, 0) is 6.54 Å². The zero-order valence-corrected chi connectivity index (χ0v) is 11.3. The van der Waals surface area contributed by atoms with Crippen LogP contribution in [0.4, 0.5) is 10.7 Å². The fourth-order valence-electron chi connectivity index (χ4n) is 1.66. The van der Waals surface area contributed by atoms with Crippen molar-refractivity contribution in [1.82, 2.24) is 0 Å². The number of hydrogen-bond donors (Lipinski definition) is 3. The SMILES string of the molecule is COc1cccc(CNc2cc(N)c(C(N)=O)s2)c1. The fourth-order valence-corrected chi connectivity index (χ4v) is 2.48. The smallest absolute Gasteiger partial charge is 0.260 e. The maximum atomic E-state index is 11.1. The molecule has 5 N–H and O–H groups in total. The van der Waals surface area contributed by atoms with E-state index in [9.17, 15) is 4.79 Å². The van der Waals surface area contributed by atoms with E-state index in [1.165, 1.54) is 11.3 Å². The molecule has 0 aliphatic rings. The number of amides is 1. The Morgan fingerprint density at radius 1 is 1.42 bits per heavy atom. The number of carbonyl (C=O) groups is 1. The van der Waals surface area contributed by atoms with E-state index < -0.39 is 5.91 Å². The molecule has 0 atom stereocenters. The predicted octanol–water partition coefficient (Wildman–Crippen LogP) is 2.05. The molecular formula is C13H15N3O2S. The lowest BCUT2D eigenvalue weighted by Crippen LogP contribution is -2.10. The number of nitrogens with two attached hydrogens (primary N) is 2. The van der Waals surface area contributed by atoms with E-state index in [-0.39, 0.29) is 0 Å². The predicted molar refractivity (Wildman–Crippen MR) is 77.6 cm³/mol. The number of hydrogen-bond acceptors (Lipinski definition) is 5. The lowest BCUT2D eigenvalue weighted by molar-refractivity contribution is 0.100. The highest BCUT2D eigenvalue weighted by Crippen LogP contribution is 2.29. The first-order valence-electron chi connectivity index (χ1n) is 5.66. The van der Waals surface area contributed by atoms with E-state index in [0.717, 1.165) is 16.3 Å². The van der Waals surface area contributed by atoms with Gasteiger partial charge in [0.1, 0.15) is 10.6 Å². The van der Waals surface area contributed by atoms with E-state index in [0.29, 0.717) is 17.1 Å². The van der Waals surface area contributed by atoms with Gasteiger partial charge in [0.25, 0.3) is 5.91 Å². The van der Waals surface area contributed by atoms with Gasteiger partial charge < -0.3 is 21.5 Å². The number of anilines is 2. The molecule has 6 heteroatoms. The Morgan fingerprint density at radius 2 is 2.21 bits per heavy atom. The standard InChI is InChI=1S/C13H15N3O2S/c1-18-9-4-2-3-8(5-9)7-16-11-6-10(14)12(19-11)13(15)17/h2-6,16H,7,14H2,1H3,(H2,15,17). The molecule has 5 nitrogen and oxygen atoms in total. The van der Waals surface area contributed by atoms with Gasteiger partial charge in [0.05, 0.1) is 17.8 Å². The number of primary amides is 1. The third-order valence-electron chi connectivity index (χ3n) is 2.59. The molecule has 0 radical (unpaired) electrons. The molecule has 0 aliphatic carbocycles. The van der Waals surface area contributed by atoms with Crippen LogP contribution in [0.3, 0.4) is 0 Å². The van der Waals surface area contributed by atoms with Crippen LogP contribution in [-0.4, -0.2) is 13.0 Å². The van der Waals surface area contributed by atoms with Gasteiger partial charge >= 0.3 is 0 Å². The quantitative estimate of drug-likeness (QED) is 0.780. The molecule has 0 unspecified atom stereocenters. The van der Waals surface area contributed by atoms with Crippen LogP contribution in [0.15, 0.2) is 30.3 Å². The first kappa shape index (κ1) is 13.2. The lowest BCUT2D eigenvalue weighted by Gasteiger charge is -2.05. The normalized spacial score (nSPS) is 10.2. The molecule has 0 saturated carbocycles. The molecule has 1 aromatic heterocycles. The van der Waals surface area contributed by atoms with Crippen molar-refractivity contribution < 1.29 is 9.53 Å². The number of nitrogens with one attached hydrogen (secondary N) is 1. The van der Waals surface area contributed by atoms with Crippen molar-refractivity contribution in [3.05, 3.63) is 40.8 Å². The van der Waals surface area contributed by atoms with E-state index in [1.54, 1.807) is 13.2 Å². The monoisotopic (exact) mass is 277 g/mol. The van der Waals surface area contributed by atoms with Gasteiger partial charge in [-0.1, -0.05) is 12.1 Å². The molecule has 0 fully saturated rings. The van der Waals surface area contributed by atoms with Crippen LogP contribution in [0.2, 0.25) is 0 Å². The van der Waals surface area contributed by atoms with Gasteiger partial charge in [-0.25, -0.2) is 0 Å². The highest BCUT2D eigenvalue weighted by atomic mass is 32.1. The number of nitrogen functional groups attached to an aromatic ring is 1. The minimum absolute atomic E-state index is 0.383. The van der Waals surface area contributed by atoms with Gasteiger partial charge in [-0.15, -0.1) is 11.3 Å². The average molecular weight is 277 g/mol. The van der Waals surface area contributed by atoms with Gasteiger partial charge in [-0.05, 0) is 23.8 Å². The maximum absolute atomic E-state index is 11.1. The van der Waals surface area contributed by atoms with Crippen molar-refractivity contribution in [3.63, 3.8) is 0 Å². The Bertz CT molecular complexity index is 595. The molecule has 0 aliphatic heterocycles. The van der Waals surface area contributed by atoms with Crippen LogP contribution in [0.25, 0.3) is 0 Å². The van der Waals surface area contributed by atoms with Crippen LogP contribution in [0, 0.1) is 0 Å². The number of thiophene rings is 1. The molecule has 1 amide bonds. The van der Waals surface area contributed by atoms with E-state index in [2.05, 4.69) is 5.32 Å². The summed E-state index contributed by atoms with van der Waals surface area (Å²) in [5, 5.41) is 4.02. The molecule has 0 spiro atoms. The van der Waals surface area contributed by atoms with Crippen LogP contribution >= 0.6 is 11.3 Å². The van der Waals surface area contributed by atoms with Gasteiger partial charge in [0, 0.05) is 6.54 Å². The summed E-state index contributed by atoms with van der Waals surface area (Å²) in [5.41, 5.74) is 12.4. The lowest BCUT2D eigenvalue weighted by atomic mass is 10.2. The minimum Gasteiger partial charge on any atom is -0.497 e. The molecule has 0 bridgehead atoms. The second-order valence-electron chi connectivity index (χ2n) is 3.96. The van der Waals surface area contributed by atoms with E-state index in [1.807, 2.05) is 24.3 Å². The molecule has 19 heavy (non-hydrogen) atoms. The van der Waals surface area contributed by atoms with Crippen molar-refractivity contribution in [3.8, 4) is 5.75 Å². The average Bonchev–Trinajstić information content (AvgIpc) is 2.78.